The van der Waals surface area contributed by atoms with Gasteiger partial charge in [-0.25, -0.2) is 0 Å². The molecule has 0 saturated heterocycles. The molecular formula is C7H19N. The van der Waals surface area contributed by atoms with Crippen molar-refractivity contribution in [2.45, 2.75) is 34.6 Å². The normalized spacial score (nSPS) is 10.5. The molecule has 0 heterocycles. The van der Waals surface area contributed by atoms with Crippen LogP contribution in [0.1, 0.15) is 34.6 Å². The van der Waals surface area contributed by atoms with Gasteiger partial charge < -0.3 is 5.73 Å². The Bertz CT molecular complexity index is 42.3. The molecule has 1 nitrogen and oxygen atoms in total. The van der Waals surface area contributed by atoms with E-state index in [1.54, 1.807) is 0 Å². The maximum absolute atomic E-state index is 5.42. The van der Waals surface area contributed by atoms with Crippen molar-refractivity contribution in [1.29, 1.82) is 0 Å². The molecule has 0 atom stereocenters. The minimum absolute atomic E-state index is 0. The smallest absolute Gasteiger partial charge is 0.00259 e. The zero-order valence-corrected chi connectivity index (χ0v) is 5.49. The van der Waals surface area contributed by atoms with Crippen LogP contribution in [0.3, 0.4) is 0 Å². The van der Waals surface area contributed by atoms with Crippen LogP contribution < -0.4 is 5.73 Å². The lowest BCUT2D eigenvalue weighted by molar-refractivity contribution is 0.365. The van der Waals surface area contributed by atoms with Crippen LogP contribution in [0.15, 0.2) is 0 Å². The molecule has 0 aliphatic carbocycles. The molecule has 0 fully saturated rings. The van der Waals surface area contributed by atoms with E-state index in [-0.39, 0.29) is 7.43 Å². The standard InChI is InChI=1S/C6H15N.CH4/c1-4-6(2,3)5-7;/h4-5,7H2,1-3H3;1H4. The van der Waals surface area contributed by atoms with Gasteiger partial charge in [-0.3, -0.25) is 0 Å². The molecule has 0 aromatic rings. The van der Waals surface area contributed by atoms with Gasteiger partial charge in [0, 0.05) is 0 Å². The van der Waals surface area contributed by atoms with Gasteiger partial charge in [0.25, 0.3) is 0 Å². The largest absolute Gasteiger partial charge is 0.330 e. The van der Waals surface area contributed by atoms with Crippen LogP contribution >= 0.6 is 0 Å². The number of hydrogen-bond donors (Lipinski definition) is 1. The zero-order valence-electron chi connectivity index (χ0n) is 5.49. The third-order valence-electron chi connectivity index (χ3n) is 1.51. The van der Waals surface area contributed by atoms with E-state index in [1.807, 2.05) is 0 Å². The van der Waals surface area contributed by atoms with Crippen molar-refractivity contribution in [2.24, 2.45) is 11.1 Å². The fraction of sp³-hybridized carbons (Fsp3) is 1.00. The highest BCUT2D eigenvalue weighted by molar-refractivity contribution is 4.65. The number of nitrogens with two attached hydrogens (primary N) is 1. The second-order valence-electron chi connectivity index (χ2n) is 2.72. The van der Waals surface area contributed by atoms with Crippen LogP contribution in [0.5, 0.6) is 0 Å². The Morgan fingerprint density at radius 1 is 1.38 bits per heavy atom. The summed E-state index contributed by atoms with van der Waals surface area (Å²) in [6.45, 7) is 7.30. The summed E-state index contributed by atoms with van der Waals surface area (Å²) in [6.07, 6.45) is 1.17. The molecular weight excluding hydrogens is 98.1 g/mol. The molecule has 0 bridgehead atoms. The Morgan fingerprint density at radius 3 is 1.75 bits per heavy atom. The quantitative estimate of drug-likeness (QED) is 0.588. The molecule has 0 aromatic carbocycles. The summed E-state index contributed by atoms with van der Waals surface area (Å²) in [6, 6.07) is 0. The highest BCUT2D eigenvalue weighted by atomic mass is 14.6. The molecule has 0 aliphatic rings. The summed E-state index contributed by atoms with van der Waals surface area (Å²) >= 11 is 0. The molecule has 0 spiro atoms. The van der Waals surface area contributed by atoms with Crippen molar-refractivity contribution in [3.63, 3.8) is 0 Å². The Labute approximate surface area is 53.3 Å². The van der Waals surface area contributed by atoms with Crippen molar-refractivity contribution in [1.82, 2.24) is 0 Å². The predicted molar refractivity (Wildman–Crippen MR) is 39.9 cm³/mol. The highest BCUT2D eigenvalue weighted by Gasteiger charge is 2.10. The van der Waals surface area contributed by atoms with Crippen LogP contribution in [0.25, 0.3) is 0 Å². The lowest BCUT2D eigenvalue weighted by atomic mass is 9.91. The summed E-state index contributed by atoms with van der Waals surface area (Å²) in [4.78, 5) is 0. The van der Waals surface area contributed by atoms with Gasteiger partial charge in [0.2, 0.25) is 0 Å². The predicted octanol–water partition coefficient (Wildman–Crippen LogP) is 2.02. The number of rotatable bonds is 2. The van der Waals surface area contributed by atoms with Gasteiger partial charge in [0.15, 0.2) is 0 Å². The van der Waals surface area contributed by atoms with Gasteiger partial charge in [0.05, 0.1) is 0 Å². The van der Waals surface area contributed by atoms with Crippen molar-refractivity contribution >= 4 is 0 Å². The molecule has 1 heteroatoms. The molecule has 0 rings (SSSR count). The maximum Gasteiger partial charge on any atom is -0.00259 e. The average molecular weight is 117 g/mol. The van der Waals surface area contributed by atoms with Crippen molar-refractivity contribution < 1.29 is 0 Å². The molecule has 0 aliphatic heterocycles. The minimum atomic E-state index is 0. The average Bonchev–Trinajstić information content (AvgIpc) is 1.68. The van der Waals surface area contributed by atoms with Crippen LogP contribution in [0.2, 0.25) is 0 Å². The molecule has 0 aromatic heterocycles. The Kier molecular flexibility index (Phi) is 5.29. The topological polar surface area (TPSA) is 26.0 Å². The lowest BCUT2D eigenvalue weighted by Crippen LogP contribution is -2.21. The first kappa shape index (κ1) is 10.9. The molecule has 0 amide bonds. The van der Waals surface area contributed by atoms with Gasteiger partial charge >= 0.3 is 0 Å². The second kappa shape index (κ2) is 3.90. The molecule has 52 valence electrons. The maximum atomic E-state index is 5.42. The second-order valence-corrected chi connectivity index (χ2v) is 2.72. The van der Waals surface area contributed by atoms with E-state index in [4.69, 9.17) is 5.73 Å². The fourth-order valence-electron chi connectivity index (χ4n) is 0.144. The SMILES string of the molecule is C.CCC(C)(C)CN. The summed E-state index contributed by atoms with van der Waals surface area (Å²) < 4.78 is 0. The third-order valence-corrected chi connectivity index (χ3v) is 1.51. The molecule has 2 N–H and O–H groups in total. The molecule has 8 heavy (non-hydrogen) atoms. The van der Waals surface area contributed by atoms with E-state index >= 15 is 0 Å². The minimum Gasteiger partial charge on any atom is -0.330 e. The monoisotopic (exact) mass is 117 g/mol. The molecule has 0 unspecified atom stereocenters. The fourth-order valence-corrected chi connectivity index (χ4v) is 0.144. The molecule has 0 saturated carbocycles. The van der Waals surface area contributed by atoms with Gasteiger partial charge in [-0.15, -0.1) is 0 Å². The third kappa shape index (κ3) is 4.13. The Hall–Kier alpha value is -0.0400. The summed E-state index contributed by atoms with van der Waals surface area (Å²) in [5.41, 5.74) is 5.78. The van der Waals surface area contributed by atoms with Gasteiger partial charge in [-0.05, 0) is 18.4 Å². The van der Waals surface area contributed by atoms with E-state index in [9.17, 15) is 0 Å². The Morgan fingerprint density at radius 2 is 1.75 bits per heavy atom. The highest BCUT2D eigenvalue weighted by Crippen LogP contribution is 2.15. The van der Waals surface area contributed by atoms with Crippen LogP contribution in [0.4, 0.5) is 0 Å². The Balaban J connectivity index is 0. The first-order valence-electron chi connectivity index (χ1n) is 2.82. The van der Waals surface area contributed by atoms with Crippen LogP contribution in [-0.4, -0.2) is 6.54 Å². The van der Waals surface area contributed by atoms with E-state index in [2.05, 4.69) is 20.8 Å². The van der Waals surface area contributed by atoms with E-state index in [0.29, 0.717) is 5.41 Å². The summed E-state index contributed by atoms with van der Waals surface area (Å²) in [7, 11) is 0. The van der Waals surface area contributed by atoms with Crippen molar-refractivity contribution in [3.05, 3.63) is 0 Å². The van der Waals surface area contributed by atoms with Crippen molar-refractivity contribution in [3.8, 4) is 0 Å². The summed E-state index contributed by atoms with van der Waals surface area (Å²) in [5.74, 6) is 0. The lowest BCUT2D eigenvalue weighted by Gasteiger charge is -2.18. The van der Waals surface area contributed by atoms with Gasteiger partial charge in [-0.1, -0.05) is 28.2 Å². The first-order valence-corrected chi connectivity index (χ1v) is 2.82. The van der Waals surface area contributed by atoms with Crippen molar-refractivity contribution in [2.75, 3.05) is 6.54 Å². The van der Waals surface area contributed by atoms with E-state index < -0.39 is 0 Å². The first-order chi connectivity index (χ1) is 3.12. The number of hydrogen-bond acceptors (Lipinski definition) is 1. The van der Waals surface area contributed by atoms with Gasteiger partial charge in [-0.2, -0.15) is 0 Å². The summed E-state index contributed by atoms with van der Waals surface area (Å²) in [5, 5.41) is 0. The molecule has 0 radical (unpaired) electrons. The van der Waals surface area contributed by atoms with E-state index in [1.165, 1.54) is 6.42 Å². The zero-order chi connectivity index (χ0) is 5.91. The van der Waals surface area contributed by atoms with Crippen LogP contribution in [-0.2, 0) is 0 Å². The van der Waals surface area contributed by atoms with Crippen LogP contribution in [0, 0.1) is 5.41 Å². The van der Waals surface area contributed by atoms with E-state index in [0.717, 1.165) is 6.54 Å². The van der Waals surface area contributed by atoms with Gasteiger partial charge in [0.1, 0.15) is 0 Å².